The summed E-state index contributed by atoms with van der Waals surface area (Å²) in [7, 11) is 1.86. The number of fused-ring (bicyclic) bond motifs is 1. The normalized spacial score (nSPS) is 22.9. The summed E-state index contributed by atoms with van der Waals surface area (Å²) in [5.74, 6) is 2.17. The van der Waals surface area contributed by atoms with Crippen LogP contribution in [-0.4, -0.2) is 71.0 Å². The van der Waals surface area contributed by atoms with Gasteiger partial charge in [0.1, 0.15) is 17.7 Å². The van der Waals surface area contributed by atoms with Crippen LogP contribution in [0.15, 0.2) is 0 Å². The van der Waals surface area contributed by atoms with Crippen molar-refractivity contribution in [2.45, 2.75) is 57.6 Å². The molecular formula is C20H29N5O3. The summed E-state index contributed by atoms with van der Waals surface area (Å²) in [4.78, 5) is 37.7. The molecule has 0 bridgehead atoms. The number of piperidine rings is 1. The second-order valence-electron chi connectivity index (χ2n) is 7.90. The van der Waals surface area contributed by atoms with Gasteiger partial charge in [-0.15, -0.1) is 0 Å². The van der Waals surface area contributed by atoms with E-state index in [1.165, 1.54) is 0 Å². The zero-order valence-electron chi connectivity index (χ0n) is 16.7. The molecule has 4 heterocycles. The van der Waals surface area contributed by atoms with E-state index in [0.717, 1.165) is 68.1 Å². The molecule has 4 rings (SSSR count). The second kappa shape index (κ2) is 8.03. The van der Waals surface area contributed by atoms with Crippen LogP contribution in [0.25, 0.3) is 0 Å². The minimum absolute atomic E-state index is 0.0834. The third kappa shape index (κ3) is 3.70. The number of amides is 2. The summed E-state index contributed by atoms with van der Waals surface area (Å²) < 4.78 is 5.55. The number of ether oxygens (including phenoxy) is 1. The largest absolute Gasteiger partial charge is 0.373 e. The fraction of sp³-hybridized carbons (Fsp3) is 0.700. The minimum atomic E-state index is -0.239. The van der Waals surface area contributed by atoms with Crippen molar-refractivity contribution in [1.82, 2.24) is 19.8 Å². The molecule has 0 aromatic carbocycles. The molecule has 0 radical (unpaired) electrons. The SMILES string of the molecule is CNc1nc(C2CCN(C(=O)C3CCCO3)CC2)nc2c1CN(C(C)=O)CC2. The van der Waals surface area contributed by atoms with E-state index in [2.05, 4.69) is 5.32 Å². The van der Waals surface area contributed by atoms with Crippen LogP contribution in [-0.2, 0) is 27.3 Å². The number of anilines is 1. The number of hydrogen-bond donors (Lipinski definition) is 1. The summed E-state index contributed by atoms with van der Waals surface area (Å²) in [5.41, 5.74) is 2.07. The molecule has 8 nitrogen and oxygen atoms in total. The van der Waals surface area contributed by atoms with E-state index in [-0.39, 0.29) is 23.8 Å². The van der Waals surface area contributed by atoms with Crippen LogP contribution in [0.5, 0.6) is 0 Å². The lowest BCUT2D eigenvalue weighted by Crippen LogP contribution is -2.43. The summed E-state index contributed by atoms with van der Waals surface area (Å²) in [6.45, 7) is 5.04. The number of nitrogens with one attached hydrogen (secondary N) is 1. The van der Waals surface area contributed by atoms with Crippen molar-refractivity contribution in [2.24, 2.45) is 0 Å². The van der Waals surface area contributed by atoms with Crippen molar-refractivity contribution < 1.29 is 14.3 Å². The van der Waals surface area contributed by atoms with Gasteiger partial charge in [-0.1, -0.05) is 0 Å². The van der Waals surface area contributed by atoms with Crippen molar-refractivity contribution in [1.29, 1.82) is 0 Å². The molecule has 1 unspecified atom stereocenters. The minimum Gasteiger partial charge on any atom is -0.373 e. The van der Waals surface area contributed by atoms with Gasteiger partial charge in [-0.2, -0.15) is 0 Å². The Kier molecular flexibility index (Phi) is 5.48. The third-order valence-corrected chi connectivity index (χ3v) is 6.14. The van der Waals surface area contributed by atoms with Gasteiger partial charge in [0.2, 0.25) is 5.91 Å². The van der Waals surface area contributed by atoms with Crippen molar-refractivity contribution in [2.75, 3.05) is 38.6 Å². The topological polar surface area (TPSA) is 87.7 Å². The van der Waals surface area contributed by atoms with E-state index in [0.29, 0.717) is 19.7 Å². The van der Waals surface area contributed by atoms with Crippen molar-refractivity contribution in [3.8, 4) is 0 Å². The Morgan fingerprint density at radius 1 is 1.11 bits per heavy atom. The quantitative estimate of drug-likeness (QED) is 0.841. The molecule has 0 saturated carbocycles. The number of hydrogen-bond acceptors (Lipinski definition) is 6. The maximum Gasteiger partial charge on any atom is 0.251 e. The molecule has 1 aromatic rings. The smallest absolute Gasteiger partial charge is 0.251 e. The van der Waals surface area contributed by atoms with Gasteiger partial charge in [-0.25, -0.2) is 9.97 Å². The molecule has 8 heteroatoms. The van der Waals surface area contributed by atoms with Gasteiger partial charge >= 0.3 is 0 Å². The summed E-state index contributed by atoms with van der Waals surface area (Å²) in [6, 6.07) is 0. The molecule has 152 valence electrons. The molecule has 2 amide bonds. The Morgan fingerprint density at radius 2 is 1.89 bits per heavy atom. The fourth-order valence-electron chi connectivity index (χ4n) is 4.43. The molecule has 0 spiro atoms. The maximum absolute atomic E-state index is 12.5. The number of rotatable bonds is 3. The highest BCUT2D eigenvalue weighted by molar-refractivity contribution is 5.81. The molecule has 1 N–H and O–H groups in total. The average Bonchev–Trinajstić information content (AvgIpc) is 3.27. The molecule has 1 aromatic heterocycles. The predicted molar refractivity (Wildman–Crippen MR) is 104 cm³/mol. The highest BCUT2D eigenvalue weighted by Gasteiger charge is 2.33. The molecule has 3 aliphatic heterocycles. The van der Waals surface area contributed by atoms with E-state index in [1.54, 1.807) is 6.92 Å². The Hall–Kier alpha value is -2.22. The van der Waals surface area contributed by atoms with Crippen LogP contribution in [0.4, 0.5) is 5.82 Å². The molecule has 0 aliphatic carbocycles. The molecule has 1 atom stereocenters. The van der Waals surface area contributed by atoms with Gasteiger partial charge in [0.05, 0.1) is 12.2 Å². The molecule has 2 fully saturated rings. The number of carbonyl (C=O) groups is 2. The van der Waals surface area contributed by atoms with Gasteiger partial charge in [-0.3, -0.25) is 9.59 Å². The predicted octanol–water partition coefficient (Wildman–Crippen LogP) is 1.31. The fourth-order valence-corrected chi connectivity index (χ4v) is 4.43. The van der Waals surface area contributed by atoms with Crippen LogP contribution in [0.1, 0.15) is 55.6 Å². The first kappa shape index (κ1) is 19.1. The van der Waals surface area contributed by atoms with Crippen LogP contribution in [0, 0.1) is 0 Å². The number of likely N-dealkylation sites (tertiary alicyclic amines) is 1. The van der Waals surface area contributed by atoms with E-state index in [9.17, 15) is 9.59 Å². The van der Waals surface area contributed by atoms with E-state index < -0.39 is 0 Å². The van der Waals surface area contributed by atoms with Crippen molar-refractivity contribution >= 4 is 17.6 Å². The van der Waals surface area contributed by atoms with Gasteiger partial charge in [0, 0.05) is 58.1 Å². The standard InChI is InChI=1S/C20H29N5O3/c1-13(26)25-10-7-16-15(12-25)19(21-2)23-18(22-16)14-5-8-24(9-6-14)20(27)17-4-3-11-28-17/h14,17H,3-12H2,1-2H3,(H,21,22,23). The van der Waals surface area contributed by atoms with Gasteiger partial charge in [0.25, 0.3) is 5.91 Å². The first-order chi connectivity index (χ1) is 13.6. The summed E-state index contributed by atoms with van der Waals surface area (Å²) in [6.07, 6.45) is 4.09. The van der Waals surface area contributed by atoms with Gasteiger partial charge < -0.3 is 19.9 Å². The molecule has 2 saturated heterocycles. The summed E-state index contributed by atoms with van der Waals surface area (Å²) >= 11 is 0. The highest BCUT2D eigenvalue weighted by Crippen LogP contribution is 2.31. The highest BCUT2D eigenvalue weighted by atomic mass is 16.5. The van der Waals surface area contributed by atoms with E-state index >= 15 is 0 Å². The van der Waals surface area contributed by atoms with Crippen molar-refractivity contribution in [3.63, 3.8) is 0 Å². The third-order valence-electron chi connectivity index (χ3n) is 6.14. The zero-order chi connectivity index (χ0) is 19.7. The molecular weight excluding hydrogens is 358 g/mol. The maximum atomic E-state index is 12.5. The van der Waals surface area contributed by atoms with Crippen LogP contribution in [0.3, 0.4) is 0 Å². The number of nitrogens with zero attached hydrogens (tertiary/aromatic N) is 4. The average molecular weight is 387 g/mol. The number of aromatic nitrogens is 2. The second-order valence-corrected chi connectivity index (χ2v) is 7.90. The zero-order valence-corrected chi connectivity index (χ0v) is 16.7. The lowest BCUT2D eigenvalue weighted by atomic mass is 9.94. The Morgan fingerprint density at radius 3 is 2.54 bits per heavy atom. The lowest BCUT2D eigenvalue weighted by Gasteiger charge is -2.34. The molecule has 3 aliphatic rings. The Labute approximate surface area is 165 Å². The Balaban J connectivity index is 1.45. The molecule has 28 heavy (non-hydrogen) atoms. The van der Waals surface area contributed by atoms with Gasteiger partial charge in [-0.05, 0) is 25.7 Å². The van der Waals surface area contributed by atoms with Crippen LogP contribution < -0.4 is 5.32 Å². The van der Waals surface area contributed by atoms with Crippen LogP contribution in [0.2, 0.25) is 0 Å². The number of carbonyl (C=O) groups excluding carboxylic acids is 2. The first-order valence-corrected chi connectivity index (χ1v) is 10.3. The summed E-state index contributed by atoms with van der Waals surface area (Å²) in [5, 5.41) is 3.19. The van der Waals surface area contributed by atoms with Crippen LogP contribution >= 0.6 is 0 Å². The van der Waals surface area contributed by atoms with Crippen molar-refractivity contribution in [3.05, 3.63) is 17.1 Å². The van der Waals surface area contributed by atoms with E-state index in [4.69, 9.17) is 14.7 Å². The monoisotopic (exact) mass is 387 g/mol. The van der Waals surface area contributed by atoms with E-state index in [1.807, 2.05) is 16.8 Å². The van der Waals surface area contributed by atoms with Gasteiger partial charge in [0.15, 0.2) is 0 Å². The Bertz CT molecular complexity index is 737. The first-order valence-electron chi connectivity index (χ1n) is 10.3. The lowest BCUT2D eigenvalue weighted by molar-refractivity contribution is -0.142.